The molecule has 1 aromatic rings. The Kier molecular flexibility index (Phi) is 5.35. The summed E-state index contributed by atoms with van der Waals surface area (Å²) in [5.74, 6) is -1.11. The van der Waals surface area contributed by atoms with Gasteiger partial charge in [-0.3, -0.25) is 0 Å². The van der Waals surface area contributed by atoms with E-state index in [4.69, 9.17) is 5.11 Å². The van der Waals surface area contributed by atoms with Gasteiger partial charge < -0.3 is 10.4 Å². The molecular weight excluding hydrogens is 212 g/mol. The molecule has 2 nitrogen and oxygen atoms in total. The Morgan fingerprint density at radius 3 is 2.44 bits per heavy atom. The molecule has 0 aromatic heterocycles. The Hall–Kier alpha value is -1.00. The number of benzene rings is 1. The molecule has 0 fully saturated rings. The molecule has 0 bridgehead atoms. The van der Waals surface area contributed by atoms with Crippen molar-refractivity contribution in [2.75, 3.05) is 6.54 Å². The maximum Gasteiger partial charge on any atom is 0.126 e. The Bertz CT molecular complexity index is 309. The third-order valence-corrected chi connectivity index (χ3v) is 2.23. The number of rotatable bonds is 6. The van der Waals surface area contributed by atoms with Gasteiger partial charge in [0.05, 0.1) is 6.10 Å². The minimum Gasteiger partial charge on any atom is -0.393 e. The van der Waals surface area contributed by atoms with Crippen molar-refractivity contribution in [1.82, 2.24) is 5.32 Å². The molecule has 1 atom stereocenters. The van der Waals surface area contributed by atoms with Gasteiger partial charge in [0.25, 0.3) is 0 Å². The van der Waals surface area contributed by atoms with Crippen molar-refractivity contribution < 1.29 is 13.9 Å². The van der Waals surface area contributed by atoms with Crippen LogP contribution in [0.5, 0.6) is 0 Å². The predicted molar refractivity (Wildman–Crippen MR) is 59.0 cm³/mol. The molecule has 0 heterocycles. The summed E-state index contributed by atoms with van der Waals surface area (Å²) < 4.78 is 25.6. The van der Waals surface area contributed by atoms with Crippen LogP contribution in [0.2, 0.25) is 0 Å². The summed E-state index contributed by atoms with van der Waals surface area (Å²) in [6.45, 7) is 2.90. The van der Waals surface area contributed by atoms with Gasteiger partial charge >= 0.3 is 0 Å². The van der Waals surface area contributed by atoms with Crippen LogP contribution in [0.15, 0.2) is 18.2 Å². The first-order valence-corrected chi connectivity index (χ1v) is 5.41. The Balaban J connectivity index is 2.26. The van der Waals surface area contributed by atoms with Crippen molar-refractivity contribution in [3.8, 4) is 0 Å². The summed E-state index contributed by atoms with van der Waals surface area (Å²) in [6.07, 6.45) is 1.27. The Labute approximate surface area is 94.3 Å². The zero-order valence-corrected chi connectivity index (χ0v) is 9.34. The van der Waals surface area contributed by atoms with E-state index in [2.05, 4.69) is 5.32 Å². The monoisotopic (exact) mass is 229 g/mol. The summed E-state index contributed by atoms with van der Waals surface area (Å²) in [6, 6.07) is 3.48. The molecule has 0 amide bonds. The van der Waals surface area contributed by atoms with Gasteiger partial charge in [-0.25, -0.2) is 8.78 Å². The van der Waals surface area contributed by atoms with Gasteiger partial charge in [0.1, 0.15) is 11.6 Å². The van der Waals surface area contributed by atoms with Gasteiger partial charge in [0.2, 0.25) is 0 Å². The minimum absolute atomic E-state index is 0.298. The molecule has 4 heteroatoms. The second kappa shape index (κ2) is 6.55. The highest BCUT2D eigenvalue weighted by molar-refractivity contribution is 5.17. The largest absolute Gasteiger partial charge is 0.393 e. The van der Waals surface area contributed by atoms with Gasteiger partial charge in [-0.1, -0.05) is 0 Å². The lowest BCUT2D eigenvalue weighted by molar-refractivity contribution is 0.181. The van der Waals surface area contributed by atoms with Crippen LogP contribution in [-0.4, -0.2) is 17.8 Å². The smallest absolute Gasteiger partial charge is 0.126 e. The second-order valence-corrected chi connectivity index (χ2v) is 3.95. The van der Waals surface area contributed by atoms with Crippen molar-refractivity contribution in [3.63, 3.8) is 0 Å². The highest BCUT2D eigenvalue weighted by Crippen LogP contribution is 2.07. The topological polar surface area (TPSA) is 32.3 Å². The fraction of sp³-hybridized carbons (Fsp3) is 0.500. The van der Waals surface area contributed by atoms with E-state index in [1.54, 1.807) is 6.92 Å². The van der Waals surface area contributed by atoms with Crippen molar-refractivity contribution in [3.05, 3.63) is 35.4 Å². The van der Waals surface area contributed by atoms with Gasteiger partial charge in [-0.2, -0.15) is 0 Å². The fourth-order valence-electron chi connectivity index (χ4n) is 1.47. The van der Waals surface area contributed by atoms with Crippen LogP contribution in [0.3, 0.4) is 0 Å². The zero-order chi connectivity index (χ0) is 12.0. The quantitative estimate of drug-likeness (QED) is 0.733. The van der Waals surface area contributed by atoms with Gasteiger partial charge in [-0.15, -0.1) is 0 Å². The minimum atomic E-state index is -0.555. The van der Waals surface area contributed by atoms with Crippen LogP contribution >= 0.6 is 0 Å². The molecule has 0 saturated carbocycles. The normalized spacial score (nSPS) is 12.8. The summed E-state index contributed by atoms with van der Waals surface area (Å²) in [4.78, 5) is 0. The summed E-state index contributed by atoms with van der Waals surface area (Å²) in [5.41, 5.74) is 0.592. The lowest BCUT2D eigenvalue weighted by Gasteiger charge is -2.06. The maximum atomic E-state index is 12.8. The average molecular weight is 229 g/mol. The van der Waals surface area contributed by atoms with E-state index >= 15 is 0 Å². The molecule has 0 aliphatic carbocycles. The zero-order valence-electron chi connectivity index (χ0n) is 9.34. The van der Waals surface area contributed by atoms with E-state index in [-0.39, 0.29) is 6.10 Å². The average Bonchev–Trinajstić information content (AvgIpc) is 2.15. The predicted octanol–water partition coefficient (Wildman–Crippen LogP) is 2.22. The van der Waals surface area contributed by atoms with E-state index in [9.17, 15) is 8.78 Å². The first kappa shape index (κ1) is 13.1. The van der Waals surface area contributed by atoms with Crippen LogP contribution in [-0.2, 0) is 6.54 Å². The standard InChI is InChI=1S/C12H17F2NO/c1-9(16)3-2-4-15-8-10-5-11(13)7-12(14)6-10/h5-7,9,15-16H,2-4,8H2,1H3. The van der Waals surface area contributed by atoms with Crippen molar-refractivity contribution in [1.29, 1.82) is 0 Å². The molecule has 90 valence electrons. The van der Waals surface area contributed by atoms with E-state index in [1.165, 1.54) is 12.1 Å². The van der Waals surface area contributed by atoms with E-state index in [0.717, 1.165) is 25.5 Å². The fourth-order valence-corrected chi connectivity index (χ4v) is 1.47. The lowest BCUT2D eigenvalue weighted by atomic mass is 10.2. The first-order valence-electron chi connectivity index (χ1n) is 5.41. The summed E-state index contributed by atoms with van der Waals surface area (Å²) in [7, 11) is 0. The molecule has 0 spiro atoms. The molecule has 16 heavy (non-hydrogen) atoms. The molecule has 0 aliphatic rings. The third kappa shape index (κ3) is 5.19. The van der Waals surface area contributed by atoms with Crippen LogP contribution in [0.4, 0.5) is 8.78 Å². The van der Waals surface area contributed by atoms with Crippen molar-refractivity contribution in [2.45, 2.75) is 32.4 Å². The van der Waals surface area contributed by atoms with Crippen LogP contribution < -0.4 is 5.32 Å². The lowest BCUT2D eigenvalue weighted by Crippen LogP contribution is -2.16. The van der Waals surface area contributed by atoms with E-state index < -0.39 is 11.6 Å². The number of halogens is 2. The molecule has 1 unspecified atom stereocenters. The highest BCUT2D eigenvalue weighted by atomic mass is 19.1. The highest BCUT2D eigenvalue weighted by Gasteiger charge is 2.00. The number of hydrogen-bond donors (Lipinski definition) is 2. The van der Waals surface area contributed by atoms with E-state index in [0.29, 0.717) is 12.1 Å². The molecule has 0 aliphatic heterocycles. The SMILES string of the molecule is CC(O)CCCNCc1cc(F)cc(F)c1. The van der Waals surface area contributed by atoms with Crippen molar-refractivity contribution >= 4 is 0 Å². The first-order chi connectivity index (χ1) is 7.58. The summed E-state index contributed by atoms with van der Waals surface area (Å²) in [5, 5.41) is 12.1. The van der Waals surface area contributed by atoms with Gasteiger partial charge in [0.15, 0.2) is 0 Å². The summed E-state index contributed by atoms with van der Waals surface area (Å²) >= 11 is 0. The molecular formula is C12H17F2NO. The molecule has 1 aromatic carbocycles. The maximum absolute atomic E-state index is 12.8. The van der Waals surface area contributed by atoms with Gasteiger partial charge in [0, 0.05) is 12.6 Å². The number of aliphatic hydroxyl groups excluding tert-OH is 1. The van der Waals surface area contributed by atoms with Gasteiger partial charge in [-0.05, 0) is 44.0 Å². The van der Waals surface area contributed by atoms with Crippen LogP contribution in [0, 0.1) is 11.6 Å². The van der Waals surface area contributed by atoms with E-state index in [1.807, 2.05) is 0 Å². The molecule has 0 saturated heterocycles. The molecule has 1 rings (SSSR count). The number of nitrogens with one attached hydrogen (secondary N) is 1. The Morgan fingerprint density at radius 2 is 1.88 bits per heavy atom. The Morgan fingerprint density at radius 1 is 1.25 bits per heavy atom. The van der Waals surface area contributed by atoms with Crippen LogP contribution in [0.25, 0.3) is 0 Å². The van der Waals surface area contributed by atoms with Crippen LogP contribution in [0.1, 0.15) is 25.3 Å². The second-order valence-electron chi connectivity index (χ2n) is 3.95. The van der Waals surface area contributed by atoms with Crippen molar-refractivity contribution in [2.24, 2.45) is 0 Å². The number of hydrogen-bond acceptors (Lipinski definition) is 2. The third-order valence-electron chi connectivity index (χ3n) is 2.23. The molecule has 2 N–H and O–H groups in total. The number of aliphatic hydroxyl groups is 1. The molecule has 0 radical (unpaired) electrons.